The van der Waals surface area contributed by atoms with Crippen LogP contribution in [-0.2, 0) is 9.53 Å². The Morgan fingerprint density at radius 1 is 1.62 bits per heavy atom. The van der Waals surface area contributed by atoms with Crippen molar-refractivity contribution in [3.63, 3.8) is 0 Å². The minimum absolute atomic E-state index is 0.00926. The quantitative estimate of drug-likeness (QED) is 0.614. The molecular weight excluding hydrogens is 172 g/mol. The van der Waals surface area contributed by atoms with Gasteiger partial charge >= 0.3 is 5.97 Å². The minimum atomic E-state index is -0.846. The van der Waals surface area contributed by atoms with Crippen molar-refractivity contribution in [3.05, 3.63) is 11.1 Å². The van der Waals surface area contributed by atoms with E-state index in [0.29, 0.717) is 6.61 Å². The van der Waals surface area contributed by atoms with Crippen LogP contribution in [0.3, 0.4) is 0 Å². The zero-order valence-corrected chi connectivity index (χ0v) is 7.19. The molecule has 0 bridgehead atoms. The van der Waals surface area contributed by atoms with Gasteiger partial charge in [-0.2, -0.15) is 0 Å². The first-order chi connectivity index (χ1) is 6.18. The van der Waals surface area contributed by atoms with Gasteiger partial charge in [0.2, 0.25) is 0 Å². The molecule has 0 aromatic carbocycles. The van der Waals surface area contributed by atoms with Gasteiger partial charge in [-0.05, 0) is 29.9 Å². The fourth-order valence-electron chi connectivity index (χ4n) is 2.16. The SMILES string of the molecule is O=C(O)C[C@@H]1CCC2=C1[C@@H](O)OC2. The molecule has 4 heteroatoms. The lowest BCUT2D eigenvalue weighted by atomic mass is 9.97. The maximum atomic E-state index is 10.5. The summed E-state index contributed by atoms with van der Waals surface area (Å²) in [5.74, 6) is -0.817. The number of carboxylic acid groups (broad SMARTS) is 1. The molecule has 13 heavy (non-hydrogen) atoms. The summed E-state index contributed by atoms with van der Waals surface area (Å²) in [6, 6.07) is 0. The van der Waals surface area contributed by atoms with Crippen molar-refractivity contribution in [2.24, 2.45) is 5.92 Å². The monoisotopic (exact) mass is 184 g/mol. The van der Waals surface area contributed by atoms with E-state index >= 15 is 0 Å². The van der Waals surface area contributed by atoms with Crippen LogP contribution >= 0.6 is 0 Å². The summed E-state index contributed by atoms with van der Waals surface area (Å²) in [5.41, 5.74) is 1.95. The molecule has 0 amide bonds. The number of ether oxygens (including phenoxy) is 1. The zero-order chi connectivity index (χ0) is 9.42. The molecule has 0 saturated carbocycles. The second kappa shape index (κ2) is 3.12. The molecule has 0 fully saturated rings. The number of aliphatic hydroxyl groups excluding tert-OH is 1. The number of carboxylic acids is 1. The molecule has 2 atom stereocenters. The van der Waals surface area contributed by atoms with E-state index in [1.807, 2.05) is 0 Å². The Morgan fingerprint density at radius 3 is 3.08 bits per heavy atom. The standard InChI is InChI=1S/C9H12O4/c10-7(11)3-5-1-2-6-4-13-9(12)8(5)6/h5,9,12H,1-4H2,(H,10,11)/t5-,9-/m0/s1. The lowest BCUT2D eigenvalue weighted by Crippen LogP contribution is -2.17. The molecule has 0 aromatic rings. The van der Waals surface area contributed by atoms with Gasteiger partial charge < -0.3 is 14.9 Å². The third kappa shape index (κ3) is 1.47. The van der Waals surface area contributed by atoms with Crippen molar-refractivity contribution in [3.8, 4) is 0 Å². The lowest BCUT2D eigenvalue weighted by molar-refractivity contribution is -0.138. The molecule has 0 spiro atoms. The van der Waals surface area contributed by atoms with Gasteiger partial charge in [0.1, 0.15) is 0 Å². The normalized spacial score (nSPS) is 32.4. The Labute approximate surface area is 75.8 Å². The van der Waals surface area contributed by atoms with E-state index in [9.17, 15) is 9.90 Å². The van der Waals surface area contributed by atoms with E-state index < -0.39 is 12.3 Å². The maximum absolute atomic E-state index is 10.5. The summed E-state index contributed by atoms with van der Waals surface area (Å²) < 4.78 is 5.02. The first kappa shape index (κ1) is 8.72. The Kier molecular flexibility index (Phi) is 2.09. The summed E-state index contributed by atoms with van der Waals surface area (Å²) in [4.78, 5) is 10.5. The maximum Gasteiger partial charge on any atom is 0.303 e. The molecular formula is C9H12O4. The number of rotatable bonds is 2. The van der Waals surface area contributed by atoms with Crippen LogP contribution in [0.25, 0.3) is 0 Å². The van der Waals surface area contributed by atoms with Crippen LogP contribution in [0.1, 0.15) is 19.3 Å². The second-order valence-electron chi connectivity index (χ2n) is 3.56. The highest BCUT2D eigenvalue weighted by atomic mass is 16.6. The van der Waals surface area contributed by atoms with Crippen LogP contribution in [0, 0.1) is 5.92 Å². The fourth-order valence-corrected chi connectivity index (χ4v) is 2.16. The van der Waals surface area contributed by atoms with Gasteiger partial charge in [-0.25, -0.2) is 0 Å². The lowest BCUT2D eigenvalue weighted by Gasteiger charge is -2.14. The van der Waals surface area contributed by atoms with E-state index in [1.165, 1.54) is 0 Å². The molecule has 1 heterocycles. The van der Waals surface area contributed by atoms with Crippen molar-refractivity contribution in [1.29, 1.82) is 0 Å². The highest BCUT2D eigenvalue weighted by molar-refractivity contribution is 5.68. The van der Waals surface area contributed by atoms with E-state index in [0.717, 1.165) is 24.0 Å². The number of aliphatic carboxylic acids is 1. The van der Waals surface area contributed by atoms with Crippen molar-refractivity contribution >= 4 is 5.97 Å². The van der Waals surface area contributed by atoms with Crippen molar-refractivity contribution in [2.75, 3.05) is 6.61 Å². The molecule has 0 radical (unpaired) electrons. The highest BCUT2D eigenvalue weighted by Gasteiger charge is 2.36. The van der Waals surface area contributed by atoms with Crippen molar-refractivity contribution in [2.45, 2.75) is 25.6 Å². The third-order valence-electron chi connectivity index (χ3n) is 2.75. The largest absolute Gasteiger partial charge is 0.481 e. The Balaban J connectivity index is 2.11. The Hall–Kier alpha value is -0.870. The zero-order valence-electron chi connectivity index (χ0n) is 7.19. The molecule has 72 valence electrons. The third-order valence-corrected chi connectivity index (χ3v) is 2.75. The predicted octanol–water partition coefficient (Wildman–Crippen LogP) is 0.516. The molecule has 0 aromatic heterocycles. The van der Waals surface area contributed by atoms with E-state index in [2.05, 4.69) is 0 Å². The highest BCUT2D eigenvalue weighted by Crippen LogP contribution is 2.40. The van der Waals surface area contributed by atoms with Crippen LogP contribution in [0.4, 0.5) is 0 Å². The summed E-state index contributed by atoms with van der Waals surface area (Å²) in [5, 5.41) is 18.0. The molecule has 2 rings (SSSR count). The number of hydrogen-bond acceptors (Lipinski definition) is 3. The smallest absolute Gasteiger partial charge is 0.303 e. The summed E-state index contributed by atoms with van der Waals surface area (Å²) >= 11 is 0. The fraction of sp³-hybridized carbons (Fsp3) is 0.667. The summed E-state index contributed by atoms with van der Waals surface area (Å²) in [6.45, 7) is 0.479. The Bertz CT molecular complexity index is 269. The van der Waals surface area contributed by atoms with Crippen LogP contribution in [0.15, 0.2) is 11.1 Å². The van der Waals surface area contributed by atoms with E-state index in [4.69, 9.17) is 9.84 Å². The van der Waals surface area contributed by atoms with Crippen molar-refractivity contribution in [1.82, 2.24) is 0 Å². The minimum Gasteiger partial charge on any atom is -0.481 e. The van der Waals surface area contributed by atoms with Crippen LogP contribution in [0.5, 0.6) is 0 Å². The second-order valence-corrected chi connectivity index (χ2v) is 3.56. The average Bonchev–Trinajstić information content (AvgIpc) is 2.56. The number of aliphatic hydroxyl groups is 1. The molecule has 2 N–H and O–H groups in total. The van der Waals surface area contributed by atoms with E-state index in [1.54, 1.807) is 0 Å². The first-order valence-electron chi connectivity index (χ1n) is 4.41. The van der Waals surface area contributed by atoms with Gasteiger partial charge in [-0.15, -0.1) is 0 Å². The van der Waals surface area contributed by atoms with Crippen LogP contribution in [0.2, 0.25) is 0 Å². The number of hydrogen-bond donors (Lipinski definition) is 2. The first-order valence-corrected chi connectivity index (χ1v) is 4.41. The number of carbonyl (C=O) groups is 1. The van der Waals surface area contributed by atoms with Gasteiger partial charge in [0, 0.05) is 0 Å². The van der Waals surface area contributed by atoms with Crippen molar-refractivity contribution < 1.29 is 19.7 Å². The molecule has 2 aliphatic rings. The van der Waals surface area contributed by atoms with Crippen LogP contribution in [-0.4, -0.2) is 29.1 Å². The van der Waals surface area contributed by atoms with Gasteiger partial charge in [-0.1, -0.05) is 0 Å². The molecule has 0 unspecified atom stereocenters. The molecule has 1 aliphatic carbocycles. The van der Waals surface area contributed by atoms with Gasteiger partial charge in [0.15, 0.2) is 6.29 Å². The summed E-state index contributed by atoms with van der Waals surface area (Å²) in [7, 11) is 0. The predicted molar refractivity (Wildman–Crippen MR) is 44.0 cm³/mol. The van der Waals surface area contributed by atoms with Gasteiger partial charge in [0.05, 0.1) is 13.0 Å². The average molecular weight is 184 g/mol. The van der Waals surface area contributed by atoms with E-state index in [-0.39, 0.29) is 12.3 Å². The Morgan fingerprint density at radius 2 is 2.38 bits per heavy atom. The van der Waals surface area contributed by atoms with Gasteiger partial charge in [-0.3, -0.25) is 4.79 Å². The summed E-state index contributed by atoms with van der Waals surface area (Å²) in [6.07, 6.45) is 0.989. The van der Waals surface area contributed by atoms with Gasteiger partial charge in [0.25, 0.3) is 0 Å². The van der Waals surface area contributed by atoms with Crippen LogP contribution < -0.4 is 0 Å². The molecule has 4 nitrogen and oxygen atoms in total. The topological polar surface area (TPSA) is 66.8 Å². The molecule has 0 saturated heterocycles. The molecule has 1 aliphatic heterocycles.